The summed E-state index contributed by atoms with van der Waals surface area (Å²) in [6.07, 6.45) is 1.22. The standard InChI is InChI=1S/C10H14N2O3/c1-5(2)8(9(11)14)12-7(13)4-6(3)10(12)15/h4-5,8H,1-3H3,(H2,11,14). The van der Waals surface area contributed by atoms with Crippen LogP contribution in [0, 0.1) is 5.92 Å². The second-order valence-corrected chi connectivity index (χ2v) is 3.93. The molecule has 0 radical (unpaired) electrons. The molecule has 0 fully saturated rings. The van der Waals surface area contributed by atoms with E-state index in [0.29, 0.717) is 5.57 Å². The van der Waals surface area contributed by atoms with Gasteiger partial charge in [0, 0.05) is 11.6 Å². The number of nitrogens with zero attached hydrogens (tertiary/aromatic N) is 1. The highest BCUT2D eigenvalue weighted by Gasteiger charge is 2.38. The Kier molecular flexibility index (Phi) is 2.93. The second-order valence-electron chi connectivity index (χ2n) is 3.93. The van der Waals surface area contributed by atoms with Gasteiger partial charge in [-0.3, -0.25) is 19.3 Å². The Balaban J connectivity index is 3.02. The summed E-state index contributed by atoms with van der Waals surface area (Å²) in [5.74, 6) is -1.74. The molecule has 1 unspecified atom stereocenters. The van der Waals surface area contributed by atoms with Gasteiger partial charge in [0.25, 0.3) is 11.8 Å². The van der Waals surface area contributed by atoms with Gasteiger partial charge in [0.15, 0.2) is 0 Å². The van der Waals surface area contributed by atoms with Crippen LogP contribution in [-0.4, -0.2) is 28.7 Å². The molecule has 0 aromatic carbocycles. The van der Waals surface area contributed by atoms with Crippen LogP contribution in [0.2, 0.25) is 0 Å². The van der Waals surface area contributed by atoms with Gasteiger partial charge in [0.2, 0.25) is 5.91 Å². The minimum Gasteiger partial charge on any atom is -0.368 e. The molecule has 0 saturated carbocycles. The van der Waals surface area contributed by atoms with Crippen molar-refractivity contribution in [2.24, 2.45) is 11.7 Å². The van der Waals surface area contributed by atoms with Crippen LogP contribution in [0.4, 0.5) is 0 Å². The second kappa shape index (κ2) is 3.84. The number of nitrogens with two attached hydrogens (primary N) is 1. The first-order valence-corrected chi connectivity index (χ1v) is 4.71. The lowest BCUT2D eigenvalue weighted by Crippen LogP contribution is -2.51. The van der Waals surface area contributed by atoms with Crippen molar-refractivity contribution in [3.05, 3.63) is 11.6 Å². The summed E-state index contributed by atoms with van der Waals surface area (Å²) in [6.45, 7) is 5.02. The van der Waals surface area contributed by atoms with Crippen LogP contribution in [-0.2, 0) is 14.4 Å². The molecule has 0 spiro atoms. The van der Waals surface area contributed by atoms with E-state index in [1.54, 1.807) is 20.8 Å². The number of primary amides is 1. The minimum absolute atomic E-state index is 0.185. The lowest BCUT2D eigenvalue weighted by molar-refractivity contribution is -0.146. The quantitative estimate of drug-likeness (QED) is 0.656. The van der Waals surface area contributed by atoms with Crippen LogP contribution < -0.4 is 5.73 Å². The molecule has 0 saturated heterocycles. The van der Waals surface area contributed by atoms with Crippen molar-refractivity contribution < 1.29 is 14.4 Å². The topological polar surface area (TPSA) is 80.5 Å². The summed E-state index contributed by atoms with van der Waals surface area (Å²) < 4.78 is 0. The van der Waals surface area contributed by atoms with E-state index < -0.39 is 23.8 Å². The van der Waals surface area contributed by atoms with E-state index in [9.17, 15) is 14.4 Å². The van der Waals surface area contributed by atoms with E-state index in [1.165, 1.54) is 6.08 Å². The van der Waals surface area contributed by atoms with Gasteiger partial charge in [-0.1, -0.05) is 13.8 Å². The number of carbonyl (C=O) groups is 3. The number of amides is 3. The van der Waals surface area contributed by atoms with E-state index in [0.717, 1.165) is 4.90 Å². The molecule has 1 aliphatic rings. The zero-order chi connectivity index (χ0) is 11.7. The smallest absolute Gasteiger partial charge is 0.257 e. The van der Waals surface area contributed by atoms with Crippen molar-refractivity contribution in [1.82, 2.24) is 4.90 Å². The average Bonchev–Trinajstić information content (AvgIpc) is 2.31. The number of hydrogen-bond acceptors (Lipinski definition) is 3. The van der Waals surface area contributed by atoms with Crippen molar-refractivity contribution in [3.63, 3.8) is 0 Å². The van der Waals surface area contributed by atoms with Gasteiger partial charge in [-0.05, 0) is 12.8 Å². The van der Waals surface area contributed by atoms with Crippen molar-refractivity contribution in [3.8, 4) is 0 Å². The molecule has 1 aliphatic heterocycles. The van der Waals surface area contributed by atoms with E-state index >= 15 is 0 Å². The molecule has 5 heteroatoms. The first-order valence-electron chi connectivity index (χ1n) is 4.71. The van der Waals surface area contributed by atoms with Crippen LogP contribution in [0.1, 0.15) is 20.8 Å². The Bertz CT molecular complexity index is 358. The van der Waals surface area contributed by atoms with Gasteiger partial charge in [-0.15, -0.1) is 0 Å². The first-order chi connectivity index (χ1) is 6.86. The number of imide groups is 1. The molecular weight excluding hydrogens is 196 g/mol. The lowest BCUT2D eigenvalue weighted by Gasteiger charge is -2.26. The molecular formula is C10H14N2O3. The van der Waals surface area contributed by atoms with Crippen LogP contribution in [0.5, 0.6) is 0 Å². The molecule has 0 bridgehead atoms. The van der Waals surface area contributed by atoms with Crippen molar-refractivity contribution in [2.45, 2.75) is 26.8 Å². The molecule has 5 nitrogen and oxygen atoms in total. The van der Waals surface area contributed by atoms with E-state index in [-0.39, 0.29) is 5.92 Å². The van der Waals surface area contributed by atoms with Gasteiger partial charge >= 0.3 is 0 Å². The molecule has 0 aromatic heterocycles. The maximum atomic E-state index is 11.6. The fraction of sp³-hybridized carbons (Fsp3) is 0.500. The highest BCUT2D eigenvalue weighted by molar-refractivity contribution is 6.17. The Morgan fingerprint density at radius 2 is 1.93 bits per heavy atom. The van der Waals surface area contributed by atoms with Crippen molar-refractivity contribution >= 4 is 17.7 Å². The summed E-state index contributed by atoms with van der Waals surface area (Å²) in [5.41, 5.74) is 5.52. The third-order valence-corrected chi connectivity index (χ3v) is 2.33. The zero-order valence-corrected chi connectivity index (χ0v) is 8.98. The van der Waals surface area contributed by atoms with Crippen LogP contribution in [0.3, 0.4) is 0 Å². The van der Waals surface area contributed by atoms with Crippen molar-refractivity contribution in [1.29, 1.82) is 0 Å². The Hall–Kier alpha value is -1.65. The minimum atomic E-state index is -0.862. The first kappa shape index (κ1) is 11.4. The largest absolute Gasteiger partial charge is 0.368 e. The SMILES string of the molecule is CC1=CC(=O)N(C(C(N)=O)C(C)C)C1=O. The fourth-order valence-electron chi connectivity index (χ4n) is 1.62. The molecule has 0 aromatic rings. The third kappa shape index (κ3) is 1.91. The van der Waals surface area contributed by atoms with E-state index in [1.807, 2.05) is 0 Å². The normalized spacial score (nSPS) is 18.4. The van der Waals surface area contributed by atoms with Crippen LogP contribution >= 0.6 is 0 Å². The summed E-state index contributed by atoms with van der Waals surface area (Å²) in [5, 5.41) is 0. The van der Waals surface area contributed by atoms with Gasteiger partial charge in [0.05, 0.1) is 0 Å². The van der Waals surface area contributed by atoms with E-state index in [2.05, 4.69) is 0 Å². The number of rotatable bonds is 3. The predicted octanol–water partition coefficient (Wildman–Crippen LogP) is -0.189. The molecule has 3 amide bonds. The Morgan fingerprint density at radius 3 is 2.20 bits per heavy atom. The van der Waals surface area contributed by atoms with Crippen LogP contribution in [0.15, 0.2) is 11.6 Å². The maximum Gasteiger partial charge on any atom is 0.257 e. The van der Waals surface area contributed by atoms with E-state index in [4.69, 9.17) is 5.73 Å². The van der Waals surface area contributed by atoms with Crippen molar-refractivity contribution in [2.75, 3.05) is 0 Å². The van der Waals surface area contributed by atoms with Crippen LogP contribution in [0.25, 0.3) is 0 Å². The van der Waals surface area contributed by atoms with Gasteiger partial charge in [0.1, 0.15) is 6.04 Å². The molecule has 1 heterocycles. The molecule has 15 heavy (non-hydrogen) atoms. The van der Waals surface area contributed by atoms with Gasteiger partial charge in [-0.2, -0.15) is 0 Å². The highest BCUT2D eigenvalue weighted by Crippen LogP contribution is 2.19. The summed E-state index contributed by atoms with van der Waals surface area (Å²) >= 11 is 0. The maximum absolute atomic E-state index is 11.6. The molecule has 1 atom stereocenters. The number of carbonyl (C=O) groups excluding carboxylic acids is 3. The summed E-state index contributed by atoms with van der Waals surface area (Å²) in [7, 11) is 0. The lowest BCUT2D eigenvalue weighted by atomic mass is 10.0. The average molecular weight is 210 g/mol. The summed E-state index contributed by atoms with van der Waals surface area (Å²) in [4.78, 5) is 35.2. The number of hydrogen-bond donors (Lipinski definition) is 1. The fourth-order valence-corrected chi connectivity index (χ4v) is 1.62. The predicted molar refractivity (Wildman–Crippen MR) is 53.4 cm³/mol. The van der Waals surface area contributed by atoms with Gasteiger partial charge < -0.3 is 5.73 Å². The summed E-state index contributed by atoms with van der Waals surface area (Å²) in [6, 6.07) is -0.862. The Morgan fingerprint density at radius 1 is 1.40 bits per heavy atom. The highest BCUT2D eigenvalue weighted by atomic mass is 16.2. The Labute approximate surface area is 87.9 Å². The monoisotopic (exact) mass is 210 g/mol. The zero-order valence-electron chi connectivity index (χ0n) is 8.98. The molecule has 1 rings (SSSR count). The van der Waals surface area contributed by atoms with Gasteiger partial charge in [-0.25, -0.2) is 0 Å². The molecule has 2 N–H and O–H groups in total. The third-order valence-electron chi connectivity index (χ3n) is 2.33. The molecule has 82 valence electrons. The molecule has 0 aliphatic carbocycles.